The topological polar surface area (TPSA) is 120 Å². The average Bonchev–Trinajstić information content (AvgIpc) is 2.65. The Morgan fingerprint density at radius 1 is 1.14 bits per heavy atom. The number of aromatic nitrogens is 3. The third-order valence-corrected chi connectivity index (χ3v) is 3.68. The number of hydrogen-bond acceptors (Lipinski definition) is 8. The van der Waals surface area contributed by atoms with E-state index in [9.17, 15) is 27.6 Å². The third-order valence-electron chi connectivity index (χ3n) is 3.68. The molecular formula is C17H12F3N3O6. The summed E-state index contributed by atoms with van der Waals surface area (Å²) in [4.78, 5) is 45.5. The highest BCUT2D eigenvalue weighted by molar-refractivity contribution is 5.94. The van der Waals surface area contributed by atoms with E-state index in [1.54, 1.807) is 6.92 Å². The van der Waals surface area contributed by atoms with Gasteiger partial charge in [-0.25, -0.2) is 19.6 Å². The maximum atomic E-state index is 12.5. The number of methoxy groups -OCH3 is 1. The van der Waals surface area contributed by atoms with Gasteiger partial charge in [-0.3, -0.25) is 4.79 Å². The summed E-state index contributed by atoms with van der Waals surface area (Å²) in [6.45, 7) is 1.65. The van der Waals surface area contributed by atoms with Crippen LogP contribution in [0, 0.1) is 0 Å². The van der Waals surface area contributed by atoms with Crippen molar-refractivity contribution < 1.29 is 37.0 Å². The number of hydrogen-bond donors (Lipinski definition) is 1. The Bertz CT molecular complexity index is 1190. The maximum absolute atomic E-state index is 12.5. The summed E-state index contributed by atoms with van der Waals surface area (Å²) in [6.07, 6.45) is -5.20. The molecule has 29 heavy (non-hydrogen) atoms. The lowest BCUT2D eigenvalue weighted by Gasteiger charge is -2.12. The molecular weight excluding hydrogens is 399 g/mol. The van der Waals surface area contributed by atoms with Crippen molar-refractivity contribution in [1.29, 1.82) is 0 Å². The van der Waals surface area contributed by atoms with Crippen LogP contribution in [0.2, 0.25) is 0 Å². The summed E-state index contributed by atoms with van der Waals surface area (Å²) in [7, 11) is 1.16. The van der Waals surface area contributed by atoms with Crippen LogP contribution in [-0.4, -0.2) is 46.8 Å². The van der Waals surface area contributed by atoms with E-state index in [4.69, 9.17) is 9.47 Å². The largest absolute Gasteiger partial charge is 0.493 e. The van der Waals surface area contributed by atoms with Crippen molar-refractivity contribution in [3.05, 3.63) is 34.4 Å². The first-order valence-electron chi connectivity index (χ1n) is 8.03. The molecule has 12 heteroatoms. The minimum Gasteiger partial charge on any atom is -0.493 e. The van der Waals surface area contributed by atoms with Gasteiger partial charge in [-0.15, -0.1) is 0 Å². The SMILES string of the molecule is CCOC(=O)c1nc2nc3cc(OC)c(OC(=O)C(F)(F)F)cc3cc2c(=O)[nH]1. The molecule has 0 unspecified atom stereocenters. The molecule has 0 saturated carbocycles. The van der Waals surface area contributed by atoms with Gasteiger partial charge in [-0.05, 0) is 19.1 Å². The number of aromatic amines is 1. The molecule has 0 bridgehead atoms. The monoisotopic (exact) mass is 411 g/mol. The lowest BCUT2D eigenvalue weighted by molar-refractivity contribution is -0.189. The number of fused-ring (bicyclic) bond motifs is 2. The normalized spacial score (nSPS) is 11.5. The number of halogens is 3. The summed E-state index contributed by atoms with van der Waals surface area (Å²) in [5.41, 5.74) is -0.627. The molecule has 3 aromatic rings. The van der Waals surface area contributed by atoms with Crippen LogP contribution < -0.4 is 15.0 Å². The highest BCUT2D eigenvalue weighted by atomic mass is 19.4. The van der Waals surface area contributed by atoms with Crippen molar-refractivity contribution in [2.75, 3.05) is 13.7 Å². The molecule has 2 heterocycles. The lowest BCUT2D eigenvalue weighted by Crippen LogP contribution is -2.28. The number of carbonyl (C=O) groups excluding carboxylic acids is 2. The number of pyridine rings is 1. The van der Waals surface area contributed by atoms with Crippen LogP contribution in [0.4, 0.5) is 13.2 Å². The highest BCUT2D eigenvalue weighted by Gasteiger charge is 2.41. The highest BCUT2D eigenvalue weighted by Crippen LogP contribution is 2.34. The Morgan fingerprint density at radius 2 is 1.86 bits per heavy atom. The van der Waals surface area contributed by atoms with Crippen LogP contribution in [0.3, 0.4) is 0 Å². The molecule has 152 valence electrons. The van der Waals surface area contributed by atoms with Crippen LogP contribution >= 0.6 is 0 Å². The van der Waals surface area contributed by atoms with Gasteiger partial charge in [0.05, 0.1) is 24.6 Å². The maximum Gasteiger partial charge on any atom is 0.491 e. The van der Waals surface area contributed by atoms with Crippen LogP contribution in [-0.2, 0) is 9.53 Å². The van der Waals surface area contributed by atoms with E-state index in [-0.39, 0.29) is 40.1 Å². The van der Waals surface area contributed by atoms with E-state index in [1.807, 2.05) is 0 Å². The number of alkyl halides is 3. The Labute approximate surface area is 159 Å². The van der Waals surface area contributed by atoms with Crippen LogP contribution in [0.5, 0.6) is 11.5 Å². The molecule has 0 amide bonds. The van der Waals surface area contributed by atoms with Crippen molar-refractivity contribution in [1.82, 2.24) is 15.0 Å². The first-order valence-corrected chi connectivity index (χ1v) is 8.03. The molecule has 0 saturated heterocycles. The molecule has 0 spiro atoms. The standard InChI is InChI=1S/C17H12F3N3O6/c1-3-28-15(25)13-22-12-8(14(24)23-13)4-7-5-11(29-16(26)17(18,19)20)10(27-2)6-9(7)21-12/h4-6H,3H2,1-2H3,(H,21,22,23,24). The summed E-state index contributed by atoms with van der Waals surface area (Å²) < 4.78 is 51.5. The number of esters is 2. The van der Waals surface area contributed by atoms with Gasteiger partial charge in [0.2, 0.25) is 5.82 Å². The lowest BCUT2D eigenvalue weighted by atomic mass is 10.1. The van der Waals surface area contributed by atoms with Crippen LogP contribution in [0.15, 0.2) is 23.0 Å². The number of nitrogens with one attached hydrogen (secondary N) is 1. The van der Waals surface area contributed by atoms with Gasteiger partial charge >= 0.3 is 18.1 Å². The molecule has 3 rings (SSSR count). The fourth-order valence-corrected chi connectivity index (χ4v) is 2.43. The van der Waals surface area contributed by atoms with Gasteiger partial charge in [0.25, 0.3) is 5.56 Å². The second kappa shape index (κ2) is 7.37. The van der Waals surface area contributed by atoms with Gasteiger partial charge in [-0.1, -0.05) is 0 Å². The smallest absolute Gasteiger partial charge is 0.491 e. The van der Waals surface area contributed by atoms with E-state index >= 15 is 0 Å². The van der Waals surface area contributed by atoms with Crippen molar-refractivity contribution in [3.8, 4) is 11.5 Å². The van der Waals surface area contributed by atoms with Gasteiger partial charge < -0.3 is 19.2 Å². The van der Waals surface area contributed by atoms with E-state index in [0.717, 1.165) is 13.2 Å². The van der Waals surface area contributed by atoms with Gasteiger partial charge in [0.1, 0.15) is 0 Å². The Kier molecular flexibility index (Phi) is 5.10. The predicted molar refractivity (Wildman–Crippen MR) is 91.9 cm³/mol. The Balaban J connectivity index is 2.16. The summed E-state index contributed by atoms with van der Waals surface area (Å²) in [5, 5.41) is 0.142. The second-order valence-electron chi connectivity index (χ2n) is 5.58. The van der Waals surface area contributed by atoms with Crippen molar-refractivity contribution in [2.45, 2.75) is 13.1 Å². The number of benzene rings is 1. The minimum atomic E-state index is -5.20. The fourth-order valence-electron chi connectivity index (χ4n) is 2.43. The van der Waals surface area contributed by atoms with Crippen molar-refractivity contribution in [2.24, 2.45) is 0 Å². The van der Waals surface area contributed by atoms with E-state index < -0.39 is 29.4 Å². The van der Waals surface area contributed by atoms with E-state index in [0.29, 0.717) is 0 Å². The van der Waals surface area contributed by atoms with E-state index in [2.05, 4.69) is 19.7 Å². The van der Waals surface area contributed by atoms with Crippen LogP contribution in [0.1, 0.15) is 17.5 Å². The quantitative estimate of drug-likeness (QED) is 0.394. The Morgan fingerprint density at radius 3 is 2.48 bits per heavy atom. The zero-order chi connectivity index (χ0) is 21.3. The molecule has 0 fully saturated rings. The summed E-state index contributed by atoms with van der Waals surface area (Å²) in [6, 6.07) is 3.56. The Hall–Kier alpha value is -3.70. The van der Waals surface area contributed by atoms with Crippen LogP contribution in [0.25, 0.3) is 21.9 Å². The zero-order valence-electron chi connectivity index (χ0n) is 14.9. The predicted octanol–water partition coefficient (Wildman–Crippen LogP) is 2.12. The van der Waals surface area contributed by atoms with E-state index in [1.165, 1.54) is 12.1 Å². The molecule has 0 radical (unpaired) electrons. The van der Waals surface area contributed by atoms with Crippen molar-refractivity contribution >= 4 is 33.9 Å². The number of nitrogens with zero attached hydrogens (tertiary/aromatic N) is 2. The van der Waals surface area contributed by atoms with Gasteiger partial charge in [0.15, 0.2) is 17.1 Å². The molecule has 0 aliphatic rings. The number of ether oxygens (including phenoxy) is 3. The summed E-state index contributed by atoms with van der Waals surface area (Å²) >= 11 is 0. The first kappa shape index (κ1) is 20.0. The molecule has 1 N–H and O–H groups in total. The molecule has 0 atom stereocenters. The van der Waals surface area contributed by atoms with Crippen molar-refractivity contribution in [3.63, 3.8) is 0 Å². The van der Waals surface area contributed by atoms with Gasteiger partial charge in [0, 0.05) is 11.5 Å². The fraction of sp³-hybridized carbons (Fsp3) is 0.235. The second-order valence-corrected chi connectivity index (χ2v) is 5.58. The average molecular weight is 411 g/mol. The number of rotatable bonds is 4. The summed E-state index contributed by atoms with van der Waals surface area (Å²) in [5.74, 6) is -4.32. The number of carbonyl (C=O) groups is 2. The molecule has 0 aliphatic carbocycles. The molecule has 1 aromatic carbocycles. The zero-order valence-corrected chi connectivity index (χ0v) is 14.9. The number of H-pyrrole nitrogens is 1. The third kappa shape index (κ3) is 3.95. The minimum absolute atomic E-state index is 0.0381. The molecule has 2 aromatic heterocycles. The molecule has 9 nitrogen and oxygen atoms in total. The van der Waals surface area contributed by atoms with Gasteiger partial charge in [-0.2, -0.15) is 13.2 Å². The first-order chi connectivity index (χ1) is 13.6. The molecule has 0 aliphatic heterocycles.